The number of fused-ring (bicyclic) bond motifs is 1. The second-order valence-corrected chi connectivity index (χ2v) is 7.76. The van der Waals surface area contributed by atoms with Crippen molar-refractivity contribution in [2.45, 2.75) is 32.9 Å². The average Bonchev–Trinajstić information content (AvgIpc) is 3.12. The summed E-state index contributed by atoms with van der Waals surface area (Å²) in [5, 5.41) is 4.98. The van der Waals surface area contributed by atoms with Gasteiger partial charge in [0, 0.05) is 48.9 Å². The summed E-state index contributed by atoms with van der Waals surface area (Å²) in [4.78, 5) is 22.4. The van der Waals surface area contributed by atoms with E-state index < -0.39 is 0 Å². The Morgan fingerprint density at radius 1 is 1.28 bits per heavy atom. The Kier molecular flexibility index (Phi) is 5.32. The highest BCUT2D eigenvalue weighted by Crippen LogP contribution is 2.27. The molecule has 29 heavy (non-hydrogen) atoms. The van der Waals surface area contributed by atoms with Gasteiger partial charge in [-0.05, 0) is 52.1 Å². The standard InChI is InChI=1S/C22H26FN5O/c1-4-27-14-16(12-24-27)20-11-19(18-7-6-17(23)10-21(18)25-20)22(29)28-9-5-8-26(3)13-15(28)2/h6-7,10-12,14-15H,4-5,8-9,13H2,1-3H3/t15-/m1/s1. The van der Waals surface area contributed by atoms with Crippen molar-refractivity contribution in [1.29, 1.82) is 0 Å². The van der Waals surface area contributed by atoms with E-state index in [0.717, 1.165) is 31.6 Å². The second kappa shape index (κ2) is 7.91. The zero-order chi connectivity index (χ0) is 20.5. The highest BCUT2D eigenvalue weighted by Gasteiger charge is 2.27. The number of pyridine rings is 1. The van der Waals surface area contributed by atoms with E-state index in [1.54, 1.807) is 16.9 Å². The molecule has 0 N–H and O–H groups in total. The molecule has 1 saturated heterocycles. The Morgan fingerprint density at radius 3 is 2.86 bits per heavy atom. The molecule has 1 atom stereocenters. The van der Waals surface area contributed by atoms with Crippen molar-refractivity contribution >= 4 is 16.8 Å². The maximum atomic E-state index is 13.9. The lowest BCUT2D eigenvalue weighted by Crippen LogP contribution is -2.42. The predicted molar refractivity (Wildman–Crippen MR) is 111 cm³/mol. The minimum atomic E-state index is -0.366. The molecule has 0 unspecified atom stereocenters. The Balaban J connectivity index is 1.82. The van der Waals surface area contributed by atoms with E-state index in [4.69, 9.17) is 0 Å². The van der Waals surface area contributed by atoms with Crippen molar-refractivity contribution in [3.8, 4) is 11.3 Å². The lowest BCUT2D eigenvalue weighted by Gasteiger charge is -2.28. The van der Waals surface area contributed by atoms with Gasteiger partial charge in [-0.3, -0.25) is 9.48 Å². The predicted octanol–water partition coefficient (Wildman–Crippen LogP) is 3.42. The molecule has 4 rings (SSSR count). The topological polar surface area (TPSA) is 54.3 Å². The quantitative estimate of drug-likeness (QED) is 0.682. The molecule has 7 heteroatoms. The summed E-state index contributed by atoms with van der Waals surface area (Å²) in [5.41, 5.74) is 2.49. The maximum Gasteiger partial charge on any atom is 0.254 e. The van der Waals surface area contributed by atoms with Gasteiger partial charge < -0.3 is 9.80 Å². The summed E-state index contributed by atoms with van der Waals surface area (Å²) in [6, 6.07) is 6.35. The van der Waals surface area contributed by atoms with Crippen molar-refractivity contribution in [2.24, 2.45) is 0 Å². The molecule has 0 bridgehead atoms. The van der Waals surface area contributed by atoms with E-state index in [9.17, 15) is 9.18 Å². The summed E-state index contributed by atoms with van der Waals surface area (Å²) in [6.45, 7) is 7.34. The van der Waals surface area contributed by atoms with Crippen LogP contribution in [0, 0.1) is 5.82 Å². The first-order valence-electron chi connectivity index (χ1n) is 10.1. The molecule has 0 saturated carbocycles. The molecule has 0 aliphatic carbocycles. The third kappa shape index (κ3) is 3.87. The van der Waals surface area contributed by atoms with Crippen LogP contribution in [0.4, 0.5) is 4.39 Å². The van der Waals surface area contributed by atoms with E-state index in [1.165, 1.54) is 12.1 Å². The van der Waals surface area contributed by atoms with Gasteiger partial charge in [-0.25, -0.2) is 9.37 Å². The van der Waals surface area contributed by atoms with Gasteiger partial charge in [0.05, 0.1) is 23.0 Å². The third-order valence-electron chi connectivity index (χ3n) is 5.56. The molecule has 3 heterocycles. The van der Waals surface area contributed by atoms with Gasteiger partial charge in [-0.2, -0.15) is 5.10 Å². The zero-order valence-corrected chi connectivity index (χ0v) is 17.1. The lowest BCUT2D eigenvalue weighted by molar-refractivity contribution is 0.0698. The van der Waals surface area contributed by atoms with Crippen molar-refractivity contribution < 1.29 is 9.18 Å². The van der Waals surface area contributed by atoms with Gasteiger partial charge >= 0.3 is 0 Å². The van der Waals surface area contributed by atoms with Crippen LogP contribution in [0.25, 0.3) is 22.2 Å². The van der Waals surface area contributed by atoms with Crippen LogP contribution in [0.2, 0.25) is 0 Å². The van der Waals surface area contributed by atoms with Crippen LogP contribution in [0.1, 0.15) is 30.6 Å². The SMILES string of the molecule is CCn1cc(-c2cc(C(=O)N3CCCN(C)C[C@H]3C)c3ccc(F)cc3n2)cn1. The van der Waals surface area contributed by atoms with Crippen LogP contribution in [-0.2, 0) is 6.54 Å². The Hall–Kier alpha value is -2.80. The zero-order valence-electron chi connectivity index (χ0n) is 17.1. The number of nitrogens with zero attached hydrogens (tertiary/aromatic N) is 5. The Morgan fingerprint density at radius 2 is 2.10 bits per heavy atom. The van der Waals surface area contributed by atoms with Gasteiger partial charge in [-0.1, -0.05) is 0 Å². The fourth-order valence-electron chi connectivity index (χ4n) is 4.02. The van der Waals surface area contributed by atoms with Crippen molar-refractivity contribution in [3.05, 3.63) is 48.0 Å². The van der Waals surface area contributed by atoms with E-state index >= 15 is 0 Å². The van der Waals surface area contributed by atoms with Crippen LogP contribution < -0.4 is 0 Å². The fourth-order valence-corrected chi connectivity index (χ4v) is 4.02. The second-order valence-electron chi connectivity index (χ2n) is 7.76. The molecular formula is C22H26FN5O. The number of hydrogen-bond acceptors (Lipinski definition) is 4. The monoisotopic (exact) mass is 395 g/mol. The maximum absolute atomic E-state index is 13.9. The average molecular weight is 395 g/mol. The summed E-state index contributed by atoms with van der Waals surface area (Å²) in [6.07, 6.45) is 4.56. The number of carbonyl (C=O) groups excluding carboxylic acids is 1. The van der Waals surface area contributed by atoms with E-state index in [-0.39, 0.29) is 17.8 Å². The Labute approximate surface area is 169 Å². The van der Waals surface area contributed by atoms with Crippen LogP contribution in [0.3, 0.4) is 0 Å². The number of benzene rings is 1. The normalized spacial score (nSPS) is 18.2. The fraction of sp³-hybridized carbons (Fsp3) is 0.409. The van der Waals surface area contributed by atoms with Gasteiger partial charge in [0.25, 0.3) is 5.91 Å². The van der Waals surface area contributed by atoms with E-state index in [2.05, 4.69) is 29.0 Å². The van der Waals surface area contributed by atoms with Crippen molar-refractivity contribution in [3.63, 3.8) is 0 Å². The molecule has 152 valence electrons. The molecule has 6 nitrogen and oxygen atoms in total. The first-order chi connectivity index (χ1) is 14.0. The molecule has 1 amide bonds. The first-order valence-corrected chi connectivity index (χ1v) is 10.1. The number of rotatable bonds is 3. The van der Waals surface area contributed by atoms with E-state index in [1.807, 2.05) is 24.1 Å². The number of aromatic nitrogens is 3. The number of aryl methyl sites for hydroxylation is 1. The molecule has 1 aliphatic rings. The minimum absolute atomic E-state index is 0.0315. The number of carbonyl (C=O) groups is 1. The molecule has 1 fully saturated rings. The number of amides is 1. The van der Waals surface area contributed by atoms with Crippen LogP contribution in [-0.4, -0.2) is 63.2 Å². The molecule has 3 aromatic rings. The van der Waals surface area contributed by atoms with Crippen molar-refractivity contribution in [2.75, 3.05) is 26.7 Å². The minimum Gasteiger partial charge on any atom is -0.335 e. The van der Waals surface area contributed by atoms with Crippen LogP contribution in [0.5, 0.6) is 0 Å². The smallest absolute Gasteiger partial charge is 0.254 e. The third-order valence-corrected chi connectivity index (χ3v) is 5.56. The molecular weight excluding hydrogens is 369 g/mol. The number of likely N-dealkylation sites (N-methyl/N-ethyl adjacent to an activating group) is 1. The molecule has 0 radical (unpaired) electrons. The summed E-state index contributed by atoms with van der Waals surface area (Å²) >= 11 is 0. The first kappa shape index (κ1) is 19.5. The highest BCUT2D eigenvalue weighted by molar-refractivity contribution is 6.07. The molecule has 0 spiro atoms. The van der Waals surface area contributed by atoms with Crippen molar-refractivity contribution in [1.82, 2.24) is 24.6 Å². The summed E-state index contributed by atoms with van der Waals surface area (Å²) in [5.74, 6) is -0.398. The van der Waals surface area contributed by atoms with Gasteiger partial charge in [-0.15, -0.1) is 0 Å². The summed E-state index contributed by atoms with van der Waals surface area (Å²) < 4.78 is 15.7. The van der Waals surface area contributed by atoms with E-state index in [0.29, 0.717) is 28.7 Å². The molecule has 1 aromatic carbocycles. The van der Waals surface area contributed by atoms with Gasteiger partial charge in [0.2, 0.25) is 0 Å². The van der Waals surface area contributed by atoms with Crippen LogP contribution in [0.15, 0.2) is 36.7 Å². The summed E-state index contributed by atoms with van der Waals surface area (Å²) in [7, 11) is 2.08. The number of halogens is 1. The molecule has 2 aromatic heterocycles. The Bertz CT molecular complexity index is 1050. The molecule has 1 aliphatic heterocycles. The van der Waals surface area contributed by atoms with Gasteiger partial charge in [0.15, 0.2) is 0 Å². The van der Waals surface area contributed by atoms with Gasteiger partial charge in [0.1, 0.15) is 5.82 Å². The lowest BCUT2D eigenvalue weighted by atomic mass is 10.0. The van der Waals surface area contributed by atoms with Crippen LogP contribution >= 0.6 is 0 Å². The largest absolute Gasteiger partial charge is 0.335 e. The highest BCUT2D eigenvalue weighted by atomic mass is 19.1. The number of hydrogen-bond donors (Lipinski definition) is 0.